The summed E-state index contributed by atoms with van der Waals surface area (Å²) in [6, 6.07) is 8.29. The molecule has 1 aliphatic rings. The van der Waals surface area contributed by atoms with Crippen LogP contribution in [-0.2, 0) is 31.4 Å². The maximum atomic E-state index is 12.9. The summed E-state index contributed by atoms with van der Waals surface area (Å²) >= 11 is 0. The summed E-state index contributed by atoms with van der Waals surface area (Å²) in [6.45, 7) is 7.58. The van der Waals surface area contributed by atoms with Gasteiger partial charge in [-0.1, -0.05) is 17.3 Å². The molecule has 2 aromatic heterocycles. The van der Waals surface area contributed by atoms with E-state index in [4.69, 9.17) is 9.26 Å². The van der Waals surface area contributed by atoms with Crippen LogP contribution >= 0.6 is 0 Å². The van der Waals surface area contributed by atoms with Crippen LogP contribution in [0.15, 0.2) is 41.2 Å². The third-order valence-corrected chi connectivity index (χ3v) is 6.43. The minimum absolute atomic E-state index is 0.137. The first-order valence-electron chi connectivity index (χ1n) is 11.9. The van der Waals surface area contributed by atoms with Gasteiger partial charge >= 0.3 is 0 Å². The molecular weight excluding hydrogens is 430 g/mol. The number of benzene rings is 1. The first kappa shape index (κ1) is 24.0. The highest BCUT2D eigenvalue weighted by atomic mass is 16.5. The molecule has 0 bridgehead atoms. The standard InChI is InChI=1S/C26H35N5O3/c1-19-25(20(2)34-28-19)12-26(32)31-10-6-8-22(17-31)18-33-24-9-5-7-21(11-24)14-29(3)15-23-13-27-30(4)16-23/h5,7,9,11,13,16,22H,6,8,10,12,14-15,17-18H2,1-4H3. The third-order valence-electron chi connectivity index (χ3n) is 6.43. The number of rotatable bonds is 9. The fourth-order valence-electron chi connectivity index (χ4n) is 4.63. The van der Waals surface area contributed by atoms with E-state index in [1.54, 1.807) is 0 Å². The zero-order valence-corrected chi connectivity index (χ0v) is 20.7. The van der Waals surface area contributed by atoms with Gasteiger partial charge in [0.25, 0.3) is 0 Å². The Balaban J connectivity index is 1.27. The van der Waals surface area contributed by atoms with E-state index in [2.05, 4.69) is 34.3 Å². The summed E-state index contributed by atoms with van der Waals surface area (Å²) in [4.78, 5) is 17.1. The fraction of sp³-hybridized carbons (Fsp3) is 0.500. The lowest BCUT2D eigenvalue weighted by Crippen LogP contribution is -2.42. The predicted octanol–water partition coefficient (Wildman–Crippen LogP) is 3.52. The highest BCUT2D eigenvalue weighted by molar-refractivity contribution is 5.79. The minimum atomic E-state index is 0.137. The number of carbonyl (C=O) groups is 1. The Morgan fingerprint density at radius 1 is 1.26 bits per heavy atom. The molecule has 1 amide bonds. The van der Waals surface area contributed by atoms with Crippen LogP contribution < -0.4 is 4.74 Å². The summed E-state index contributed by atoms with van der Waals surface area (Å²) in [6.07, 6.45) is 6.37. The number of carbonyl (C=O) groups excluding carboxylic acids is 1. The average Bonchev–Trinajstić information content (AvgIpc) is 3.37. The van der Waals surface area contributed by atoms with Gasteiger partial charge in [-0.05, 0) is 51.4 Å². The normalized spacial score (nSPS) is 16.3. The van der Waals surface area contributed by atoms with E-state index in [0.717, 1.165) is 61.8 Å². The lowest BCUT2D eigenvalue weighted by Gasteiger charge is -2.32. The van der Waals surface area contributed by atoms with Crippen molar-refractivity contribution in [2.75, 3.05) is 26.7 Å². The van der Waals surface area contributed by atoms with Crippen molar-refractivity contribution >= 4 is 5.91 Å². The summed E-state index contributed by atoms with van der Waals surface area (Å²) in [7, 11) is 4.04. The molecule has 8 nitrogen and oxygen atoms in total. The van der Waals surface area contributed by atoms with Gasteiger partial charge in [0.05, 0.1) is 24.9 Å². The van der Waals surface area contributed by atoms with E-state index in [1.807, 2.05) is 55.0 Å². The molecule has 1 fully saturated rings. The number of piperidine rings is 1. The monoisotopic (exact) mass is 465 g/mol. The molecule has 3 heterocycles. The molecule has 0 aliphatic carbocycles. The minimum Gasteiger partial charge on any atom is -0.493 e. The smallest absolute Gasteiger partial charge is 0.227 e. The van der Waals surface area contributed by atoms with Crippen molar-refractivity contribution in [2.45, 2.75) is 46.2 Å². The van der Waals surface area contributed by atoms with Crippen LogP contribution in [0.5, 0.6) is 5.75 Å². The highest BCUT2D eigenvalue weighted by Crippen LogP contribution is 2.22. The molecule has 1 unspecified atom stereocenters. The van der Waals surface area contributed by atoms with Crippen LogP contribution in [0.25, 0.3) is 0 Å². The molecule has 1 aliphatic heterocycles. The SMILES string of the molecule is Cc1noc(C)c1CC(=O)N1CCCC(COc2cccc(CN(C)Cc3cnn(C)c3)c2)C1. The number of hydrogen-bond donors (Lipinski definition) is 0. The van der Waals surface area contributed by atoms with Crippen molar-refractivity contribution in [3.63, 3.8) is 0 Å². The summed E-state index contributed by atoms with van der Waals surface area (Å²) in [5.74, 6) is 2.08. The lowest BCUT2D eigenvalue weighted by molar-refractivity contribution is -0.132. The highest BCUT2D eigenvalue weighted by Gasteiger charge is 2.25. The van der Waals surface area contributed by atoms with E-state index < -0.39 is 0 Å². The Bertz CT molecular complexity index is 1090. The van der Waals surface area contributed by atoms with Crippen molar-refractivity contribution in [3.8, 4) is 5.75 Å². The Hall–Kier alpha value is -3.13. The molecule has 0 N–H and O–H groups in total. The van der Waals surface area contributed by atoms with Gasteiger partial charge in [0, 0.05) is 56.5 Å². The predicted molar refractivity (Wildman–Crippen MR) is 129 cm³/mol. The molecule has 182 valence electrons. The van der Waals surface area contributed by atoms with Crippen molar-refractivity contribution in [2.24, 2.45) is 13.0 Å². The van der Waals surface area contributed by atoms with Gasteiger partial charge in [-0.3, -0.25) is 14.4 Å². The van der Waals surface area contributed by atoms with Crippen LogP contribution in [0.4, 0.5) is 0 Å². The number of likely N-dealkylation sites (tertiary alicyclic amines) is 1. The molecule has 3 aromatic rings. The third kappa shape index (κ3) is 6.26. The van der Waals surface area contributed by atoms with Crippen LogP contribution in [0, 0.1) is 19.8 Å². The number of aryl methyl sites for hydroxylation is 3. The molecule has 0 radical (unpaired) electrons. The molecule has 1 aromatic carbocycles. The second kappa shape index (κ2) is 10.9. The van der Waals surface area contributed by atoms with Gasteiger partial charge in [-0.2, -0.15) is 5.10 Å². The van der Waals surface area contributed by atoms with E-state index in [1.165, 1.54) is 11.1 Å². The Kier molecular flexibility index (Phi) is 7.67. The topological polar surface area (TPSA) is 76.6 Å². The van der Waals surface area contributed by atoms with Crippen molar-refractivity contribution < 1.29 is 14.1 Å². The van der Waals surface area contributed by atoms with Crippen molar-refractivity contribution in [3.05, 3.63) is 64.8 Å². The second-order valence-electron chi connectivity index (χ2n) is 9.48. The van der Waals surface area contributed by atoms with Crippen LogP contribution in [0.2, 0.25) is 0 Å². The zero-order valence-electron chi connectivity index (χ0n) is 20.7. The first-order valence-corrected chi connectivity index (χ1v) is 11.9. The van der Waals surface area contributed by atoms with Gasteiger partial charge in [-0.25, -0.2) is 0 Å². The first-order chi connectivity index (χ1) is 16.4. The molecule has 1 atom stereocenters. The Morgan fingerprint density at radius 3 is 2.82 bits per heavy atom. The molecule has 0 saturated carbocycles. The van der Waals surface area contributed by atoms with Gasteiger partial charge in [-0.15, -0.1) is 0 Å². The van der Waals surface area contributed by atoms with E-state index in [9.17, 15) is 4.79 Å². The number of ether oxygens (including phenoxy) is 1. The average molecular weight is 466 g/mol. The summed E-state index contributed by atoms with van der Waals surface area (Å²) in [5.41, 5.74) is 4.12. The van der Waals surface area contributed by atoms with Gasteiger partial charge in [0.2, 0.25) is 5.91 Å². The number of aromatic nitrogens is 3. The maximum absolute atomic E-state index is 12.9. The van der Waals surface area contributed by atoms with E-state index in [-0.39, 0.29) is 5.91 Å². The van der Waals surface area contributed by atoms with Crippen LogP contribution in [0.3, 0.4) is 0 Å². The molecule has 8 heteroatoms. The zero-order chi connectivity index (χ0) is 24.1. The number of amides is 1. The molecule has 1 saturated heterocycles. The lowest BCUT2D eigenvalue weighted by atomic mass is 9.98. The largest absolute Gasteiger partial charge is 0.493 e. The van der Waals surface area contributed by atoms with Gasteiger partial charge in [0.15, 0.2) is 0 Å². The van der Waals surface area contributed by atoms with Crippen molar-refractivity contribution in [1.29, 1.82) is 0 Å². The number of nitrogens with zero attached hydrogens (tertiary/aromatic N) is 5. The summed E-state index contributed by atoms with van der Waals surface area (Å²) < 4.78 is 13.2. The van der Waals surface area contributed by atoms with Crippen molar-refractivity contribution in [1.82, 2.24) is 24.7 Å². The molecule has 34 heavy (non-hydrogen) atoms. The van der Waals surface area contributed by atoms with Gasteiger partial charge in [0.1, 0.15) is 11.5 Å². The van der Waals surface area contributed by atoms with Gasteiger partial charge < -0.3 is 14.2 Å². The Labute approximate surface area is 201 Å². The fourth-order valence-corrected chi connectivity index (χ4v) is 4.63. The molecular formula is C26H35N5O3. The quantitative estimate of drug-likeness (QED) is 0.481. The van der Waals surface area contributed by atoms with E-state index in [0.29, 0.717) is 18.9 Å². The number of hydrogen-bond acceptors (Lipinski definition) is 6. The molecule has 4 rings (SSSR count). The Morgan fingerprint density at radius 2 is 2.09 bits per heavy atom. The van der Waals surface area contributed by atoms with E-state index >= 15 is 0 Å². The molecule has 0 spiro atoms. The van der Waals surface area contributed by atoms with Crippen LogP contribution in [0.1, 0.15) is 41.0 Å². The summed E-state index contributed by atoms with van der Waals surface area (Å²) in [5, 5.41) is 8.21. The second-order valence-corrected chi connectivity index (χ2v) is 9.48. The maximum Gasteiger partial charge on any atom is 0.227 e. The van der Waals surface area contributed by atoms with Crippen LogP contribution in [-0.4, -0.2) is 57.4 Å².